The maximum absolute atomic E-state index is 8.95. The SMILES string of the molecule is Cc1nnc(SCCCOc2ccccc2C#N)n1C. The van der Waals surface area contributed by atoms with Crippen LogP contribution >= 0.6 is 11.8 Å². The molecule has 0 saturated carbocycles. The van der Waals surface area contributed by atoms with Gasteiger partial charge in [-0.3, -0.25) is 0 Å². The molecule has 1 aromatic carbocycles. The zero-order chi connectivity index (χ0) is 14.4. The molecule has 0 radical (unpaired) electrons. The number of ether oxygens (including phenoxy) is 1. The molecule has 0 bridgehead atoms. The number of para-hydroxylation sites is 1. The average molecular weight is 288 g/mol. The highest BCUT2D eigenvalue weighted by atomic mass is 32.2. The number of rotatable bonds is 6. The Balaban J connectivity index is 1.75. The van der Waals surface area contributed by atoms with Gasteiger partial charge in [0.1, 0.15) is 17.6 Å². The van der Waals surface area contributed by atoms with Crippen LogP contribution in [0.4, 0.5) is 0 Å². The van der Waals surface area contributed by atoms with Crippen LogP contribution in [0.3, 0.4) is 0 Å². The highest BCUT2D eigenvalue weighted by Crippen LogP contribution is 2.18. The molecule has 1 heterocycles. The molecule has 0 fully saturated rings. The van der Waals surface area contributed by atoms with Crippen LogP contribution < -0.4 is 4.74 Å². The fraction of sp³-hybridized carbons (Fsp3) is 0.357. The summed E-state index contributed by atoms with van der Waals surface area (Å²) >= 11 is 1.66. The van der Waals surface area contributed by atoms with Gasteiger partial charge in [-0.05, 0) is 25.5 Å². The van der Waals surface area contributed by atoms with Crippen LogP contribution in [-0.2, 0) is 7.05 Å². The number of benzene rings is 1. The van der Waals surface area contributed by atoms with Gasteiger partial charge in [0, 0.05) is 12.8 Å². The number of aryl methyl sites for hydroxylation is 1. The third kappa shape index (κ3) is 3.52. The zero-order valence-electron chi connectivity index (χ0n) is 11.5. The molecule has 0 aliphatic carbocycles. The molecule has 0 unspecified atom stereocenters. The van der Waals surface area contributed by atoms with E-state index in [4.69, 9.17) is 10.00 Å². The number of thioether (sulfide) groups is 1. The molecule has 0 atom stereocenters. The predicted octanol–water partition coefficient (Wildman–Crippen LogP) is 2.56. The van der Waals surface area contributed by atoms with Gasteiger partial charge in [-0.1, -0.05) is 23.9 Å². The lowest BCUT2D eigenvalue weighted by atomic mass is 10.2. The van der Waals surface area contributed by atoms with E-state index in [9.17, 15) is 0 Å². The van der Waals surface area contributed by atoms with Gasteiger partial charge in [0.2, 0.25) is 0 Å². The van der Waals surface area contributed by atoms with E-state index < -0.39 is 0 Å². The van der Waals surface area contributed by atoms with Gasteiger partial charge in [-0.2, -0.15) is 5.26 Å². The first kappa shape index (κ1) is 14.4. The Morgan fingerprint density at radius 3 is 2.85 bits per heavy atom. The topological polar surface area (TPSA) is 63.7 Å². The van der Waals surface area contributed by atoms with Crippen molar-refractivity contribution in [2.45, 2.75) is 18.5 Å². The summed E-state index contributed by atoms with van der Waals surface area (Å²) in [7, 11) is 1.96. The normalized spacial score (nSPS) is 10.2. The van der Waals surface area contributed by atoms with Gasteiger partial charge in [0.15, 0.2) is 5.16 Å². The van der Waals surface area contributed by atoms with Crippen molar-refractivity contribution >= 4 is 11.8 Å². The molecule has 2 aromatic rings. The van der Waals surface area contributed by atoms with Crippen molar-refractivity contribution in [3.05, 3.63) is 35.7 Å². The van der Waals surface area contributed by atoms with Gasteiger partial charge >= 0.3 is 0 Å². The lowest BCUT2D eigenvalue weighted by molar-refractivity contribution is 0.318. The molecule has 0 N–H and O–H groups in total. The second kappa shape index (κ2) is 6.96. The van der Waals surface area contributed by atoms with Crippen LogP contribution in [0.2, 0.25) is 0 Å². The number of hydrogen-bond donors (Lipinski definition) is 0. The third-order valence-corrected chi connectivity index (χ3v) is 3.94. The van der Waals surface area contributed by atoms with Crippen LogP contribution in [0.1, 0.15) is 17.8 Å². The van der Waals surface area contributed by atoms with E-state index in [1.165, 1.54) is 0 Å². The Bertz CT molecular complexity index is 618. The van der Waals surface area contributed by atoms with Gasteiger partial charge in [-0.25, -0.2) is 0 Å². The molecular formula is C14H16N4OS. The predicted molar refractivity (Wildman–Crippen MR) is 77.7 cm³/mol. The van der Waals surface area contributed by atoms with Crippen molar-refractivity contribution in [3.63, 3.8) is 0 Å². The van der Waals surface area contributed by atoms with E-state index in [-0.39, 0.29) is 0 Å². The summed E-state index contributed by atoms with van der Waals surface area (Å²) in [5.41, 5.74) is 0.573. The monoisotopic (exact) mass is 288 g/mol. The van der Waals surface area contributed by atoms with Crippen LogP contribution in [0.15, 0.2) is 29.4 Å². The fourth-order valence-corrected chi connectivity index (χ4v) is 2.47. The first-order chi connectivity index (χ1) is 9.72. The number of nitrogens with zero attached hydrogens (tertiary/aromatic N) is 4. The summed E-state index contributed by atoms with van der Waals surface area (Å²) in [6.07, 6.45) is 0.885. The standard InChI is InChI=1S/C14H16N4OS/c1-11-16-17-14(18(11)2)20-9-5-8-19-13-7-4-3-6-12(13)10-15/h3-4,6-7H,5,8-9H2,1-2H3. The second-order valence-corrected chi connectivity index (χ2v) is 5.31. The Morgan fingerprint density at radius 2 is 2.15 bits per heavy atom. The molecule has 5 nitrogen and oxygen atoms in total. The largest absolute Gasteiger partial charge is 0.492 e. The van der Waals surface area contributed by atoms with Crippen molar-refractivity contribution < 1.29 is 4.74 Å². The highest BCUT2D eigenvalue weighted by Gasteiger charge is 2.05. The average Bonchev–Trinajstić information content (AvgIpc) is 2.79. The zero-order valence-corrected chi connectivity index (χ0v) is 12.4. The summed E-state index contributed by atoms with van der Waals surface area (Å²) in [5, 5.41) is 18.0. The van der Waals surface area contributed by atoms with Gasteiger partial charge in [-0.15, -0.1) is 10.2 Å². The van der Waals surface area contributed by atoms with Crippen molar-refractivity contribution in [1.29, 1.82) is 5.26 Å². The molecule has 0 saturated heterocycles. The number of aromatic nitrogens is 3. The maximum atomic E-state index is 8.95. The molecule has 0 aliphatic rings. The summed E-state index contributed by atoms with van der Waals surface area (Å²) in [6.45, 7) is 2.52. The Hall–Kier alpha value is -2.00. The molecule has 6 heteroatoms. The van der Waals surface area contributed by atoms with Crippen LogP contribution in [0, 0.1) is 18.3 Å². The van der Waals surface area contributed by atoms with Crippen molar-refractivity contribution in [3.8, 4) is 11.8 Å². The molecule has 20 heavy (non-hydrogen) atoms. The molecule has 1 aromatic heterocycles. The Kier molecular flexibility index (Phi) is 5.02. The van der Waals surface area contributed by atoms with Gasteiger partial charge in [0.05, 0.1) is 12.2 Å². The number of nitriles is 1. The maximum Gasteiger partial charge on any atom is 0.190 e. The summed E-state index contributed by atoms with van der Waals surface area (Å²) in [6, 6.07) is 9.39. The summed E-state index contributed by atoms with van der Waals surface area (Å²) in [4.78, 5) is 0. The molecule has 104 valence electrons. The minimum Gasteiger partial charge on any atom is -0.492 e. The number of hydrogen-bond acceptors (Lipinski definition) is 5. The van der Waals surface area contributed by atoms with Crippen molar-refractivity contribution in [2.75, 3.05) is 12.4 Å². The van der Waals surface area contributed by atoms with Crippen LogP contribution in [0.5, 0.6) is 5.75 Å². The second-order valence-electron chi connectivity index (χ2n) is 4.25. The molecule has 0 aliphatic heterocycles. The smallest absolute Gasteiger partial charge is 0.190 e. The summed E-state index contributed by atoms with van der Waals surface area (Å²) < 4.78 is 7.59. The van der Waals surface area contributed by atoms with Crippen LogP contribution in [0.25, 0.3) is 0 Å². The first-order valence-electron chi connectivity index (χ1n) is 6.33. The van der Waals surface area contributed by atoms with E-state index in [0.717, 1.165) is 23.2 Å². The third-order valence-electron chi connectivity index (χ3n) is 2.84. The highest BCUT2D eigenvalue weighted by molar-refractivity contribution is 7.99. The lowest BCUT2D eigenvalue weighted by Gasteiger charge is -2.07. The first-order valence-corrected chi connectivity index (χ1v) is 7.31. The van der Waals surface area contributed by atoms with Crippen molar-refractivity contribution in [2.24, 2.45) is 7.05 Å². The van der Waals surface area contributed by atoms with E-state index in [1.54, 1.807) is 17.8 Å². The summed E-state index contributed by atoms with van der Waals surface area (Å²) in [5.74, 6) is 2.46. The Morgan fingerprint density at radius 1 is 1.35 bits per heavy atom. The minimum absolute atomic E-state index is 0.573. The van der Waals surface area contributed by atoms with E-state index in [0.29, 0.717) is 17.9 Å². The fourth-order valence-electron chi connectivity index (χ4n) is 1.60. The lowest BCUT2D eigenvalue weighted by Crippen LogP contribution is -2.01. The van der Waals surface area contributed by atoms with Gasteiger partial charge < -0.3 is 9.30 Å². The Labute approximate surface area is 122 Å². The molecular weight excluding hydrogens is 272 g/mol. The quantitative estimate of drug-likeness (QED) is 0.604. The van der Waals surface area contributed by atoms with Crippen LogP contribution in [-0.4, -0.2) is 27.1 Å². The van der Waals surface area contributed by atoms with E-state index in [2.05, 4.69) is 16.3 Å². The minimum atomic E-state index is 0.573. The van der Waals surface area contributed by atoms with E-state index in [1.807, 2.05) is 36.7 Å². The van der Waals surface area contributed by atoms with Crippen molar-refractivity contribution in [1.82, 2.24) is 14.8 Å². The van der Waals surface area contributed by atoms with Gasteiger partial charge in [0.25, 0.3) is 0 Å². The van der Waals surface area contributed by atoms with E-state index >= 15 is 0 Å². The molecule has 0 spiro atoms. The molecule has 0 amide bonds. The molecule has 2 rings (SSSR count).